The van der Waals surface area contributed by atoms with E-state index in [1.807, 2.05) is 12.1 Å². The van der Waals surface area contributed by atoms with Crippen LogP contribution in [-0.2, 0) is 6.42 Å². The standard InChI is InChI=1S/C16H13ClN4O2/c17-11-7-5-10(6-8-11)9-13-15(23)19-16(21-20-13)18-12-3-1-2-4-14(12)22/h1-8,22H,9H2,(H2,18,19,21,23). The number of phenols is 1. The molecule has 0 aliphatic rings. The van der Waals surface area contributed by atoms with Crippen LogP contribution in [0.1, 0.15) is 11.3 Å². The molecule has 0 saturated carbocycles. The maximum Gasteiger partial charge on any atom is 0.274 e. The largest absolute Gasteiger partial charge is 0.506 e. The number of hydrogen-bond acceptors (Lipinski definition) is 5. The molecule has 1 aromatic heterocycles. The molecule has 3 N–H and O–H groups in total. The van der Waals surface area contributed by atoms with Crippen molar-refractivity contribution in [3.63, 3.8) is 0 Å². The molecule has 116 valence electrons. The number of aromatic amines is 1. The number of phenolic OH excluding ortho intramolecular Hbond substituents is 1. The van der Waals surface area contributed by atoms with Crippen molar-refractivity contribution in [2.75, 3.05) is 5.32 Å². The van der Waals surface area contributed by atoms with Gasteiger partial charge in [-0.25, -0.2) is 0 Å². The summed E-state index contributed by atoms with van der Waals surface area (Å²) in [6, 6.07) is 13.8. The number of H-pyrrole nitrogens is 1. The Morgan fingerprint density at radius 2 is 1.83 bits per heavy atom. The van der Waals surface area contributed by atoms with Gasteiger partial charge in [-0.1, -0.05) is 35.9 Å². The zero-order chi connectivity index (χ0) is 16.2. The normalized spacial score (nSPS) is 10.5. The molecule has 7 heteroatoms. The molecule has 1 heterocycles. The number of rotatable bonds is 4. The van der Waals surface area contributed by atoms with Crippen LogP contribution < -0.4 is 10.9 Å². The van der Waals surface area contributed by atoms with Gasteiger partial charge in [0.25, 0.3) is 5.56 Å². The van der Waals surface area contributed by atoms with Crippen molar-refractivity contribution in [2.45, 2.75) is 6.42 Å². The molecule has 6 nitrogen and oxygen atoms in total. The molecular weight excluding hydrogens is 316 g/mol. The SMILES string of the molecule is O=c1[nH]c(Nc2ccccc2O)nnc1Cc1ccc(Cl)cc1. The molecule has 3 aromatic rings. The molecule has 2 aromatic carbocycles. The first-order chi connectivity index (χ1) is 11.1. The first-order valence-corrected chi connectivity index (χ1v) is 7.25. The van der Waals surface area contributed by atoms with Gasteiger partial charge >= 0.3 is 0 Å². The highest BCUT2D eigenvalue weighted by molar-refractivity contribution is 6.30. The summed E-state index contributed by atoms with van der Waals surface area (Å²) in [7, 11) is 0. The quantitative estimate of drug-likeness (QED) is 0.641. The summed E-state index contributed by atoms with van der Waals surface area (Å²) in [4.78, 5) is 14.7. The molecule has 0 fully saturated rings. The number of aromatic hydroxyl groups is 1. The third-order valence-electron chi connectivity index (χ3n) is 3.21. The number of nitrogens with zero attached hydrogens (tertiary/aromatic N) is 2. The van der Waals surface area contributed by atoms with Gasteiger partial charge in [-0.2, -0.15) is 0 Å². The zero-order valence-corrected chi connectivity index (χ0v) is 12.7. The molecule has 0 unspecified atom stereocenters. The number of para-hydroxylation sites is 2. The van der Waals surface area contributed by atoms with Crippen LogP contribution in [0.5, 0.6) is 5.75 Å². The molecule has 0 bridgehead atoms. The van der Waals surface area contributed by atoms with Gasteiger partial charge < -0.3 is 10.4 Å². The zero-order valence-electron chi connectivity index (χ0n) is 12.0. The van der Waals surface area contributed by atoms with E-state index >= 15 is 0 Å². The van der Waals surface area contributed by atoms with Crippen LogP contribution in [0, 0.1) is 0 Å². The fourth-order valence-corrected chi connectivity index (χ4v) is 2.16. The minimum atomic E-state index is -0.340. The summed E-state index contributed by atoms with van der Waals surface area (Å²) in [5.41, 5.74) is 1.31. The Balaban J connectivity index is 1.79. The summed E-state index contributed by atoms with van der Waals surface area (Å²) in [5.74, 6) is 0.219. The lowest BCUT2D eigenvalue weighted by Gasteiger charge is -2.07. The minimum Gasteiger partial charge on any atom is -0.506 e. The van der Waals surface area contributed by atoms with E-state index in [1.54, 1.807) is 30.3 Å². The van der Waals surface area contributed by atoms with Crippen molar-refractivity contribution in [2.24, 2.45) is 0 Å². The van der Waals surface area contributed by atoms with Gasteiger partial charge in [0.05, 0.1) is 5.69 Å². The summed E-state index contributed by atoms with van der Waals surface area (Å²) >= 11 is 5.83. The Morgan fingerprint density at radius 1 is 1.09 bits per heavy atom. The predicted octanol–water partition coefficient (Wildman–Crippen LogP) is 2.86. The van der Waals surface area contributed by atoms with Gasteiger partial charge in [-0.05, 0) is 29.8 Å². The average Bonchev–Trinajstić information content (AvgIpc) is 2.54. The Labute approximate surface area is 136 Å². The van der Waals surface area contributed by atoms with Crippen molar-refractivity contribution in [3.05, 3.63) is 75.2 Å². The first kappa shape index (κ1) is 15.1. The molecule has 3 rings (SSSR count). The fraction of sp³-hybridized carbons (Fsp3) is 0.0625. The molecule has 0 amide bonds. The number of anilines is 2. The lowest BCUT2D eigenvalue weighted by atomic mass is 10.1. The van der Waals surface area contributed by atoms with Gasteiger partial charge in [0.2, 0.25) is 5.95 Å². The van der Waals surface area contributed by atoms with E-state index in [9.17, 15) is 9.90 Å². The molecule has 0 aliphatic carbocycles. The second-order valence-electron chi connectivity index (χ2n) is 4.89. The highest BCUT2D eigenvalue weighted by atomic mass is 35.5. The molecule has 0 atom stereocenters. The molecule has 0 spiro atoms. The molecular formula is C16H13ClN4O2. The highest BCUT2D eigenvalue weighted by Crippen LogP contribution is 2.23. The molecule has 0 radical (unpaired) electrons. The average molecular weight is 329 g/mol. The number of benzene rings is 2. The second kappa shape index (κ2) is 6.50. The maximum absolute atomic E-state index is 12.1. The van der Waals surface area contributed by atoms with Gasteiger partial charge in [-0.3, -0.25) is 9.78 Å². The van der Waals surface area contributed by atoms with Crippen LogP contribution in [0.4, 0.5) is 11.6 Å². The Morgan fingerprint density at radius 3 is 2.52 bits per heavy atom. The number of halogens is 1. The van der Waals surface area contributed by atoms with E-state index in [2.05, 4.69) is 20.5 Å². The van der Waals surface area contributed by atoms with Crippen molar-refractivity contribution in [1.29, 1.82) is 0 Å². The minimum absolute atomic E-state index is 0.0559. The van der Waals surface area contributed by atoms with Crippen LogP contribution in [0.25, 0.3) is 0 Å². The molecule has 23 heavy (non-hydrogen) atoms. The lowest BCUT2D eigenvalue weighted by Crippen LogP contribution is -2.18. The third kappa shape index (κ3) is 3.67. The van der Waals surface area contributed by atoms with E-state index in [1.165, 1.54) is 6.07 Å². The fourth-order valence-electron chi connectivity index (χ4n) is 2.03. The Hall–Kier alpha value is -2.86. The first-order valence-electron chi connectivity index (χ1n) is 6.87. The van der Waals surface area contributed by atoms with Gasteiger partial charge in [-0.15, -0.1) is 10.2 Å². The lowest BCUT2D eigenvalue weighted by molar-refractivity contribution is 0.477. The van der Waals surface area contributed by atoms with Crippen LogP contribution in [0.2, 0.25) is 5.02 Å². The summed E-state index contributed by atoms with van der Waals surface area (Å²) in [5, 5.41) is 21.0. The molecule has 0 saturated heterocycles. The summed E-state index contributed by atoms with van der Waals surface area (Å²) < 4.78 is 0. The van der Waals surface area contributed by atoms with Crippen LogP contribution >= 0.6 is 11.6 Å². The van der Waals surface area contributed by atoms with E-state index in [4.69, 9.17) is 11.6 Å². The van der Waals surface area contributed by atoms with Crippen molar-refractivity contribution >= 4 is 23.2 Å². The number of hydrogen-bond donors (Lipinski definition) is 3. The van der Waals surface area contributed by atoms with Crippen molar-refractivity contribution < 1.29 is 5.11 Å². The van der Waals surface area contributed by atoms with Gasteiger partial charge in [0, 0.05) is 11.4 Å². The monoisotopic (exact) mass is 328 g/mol. The van der Waals surface area contributed by atoms with Crippen LogP contribution in [-0.4, -0.2) is 20.3 Å². The van der Waals surface area contributed by atoms with Crippen LogP contribution in [0.3, 0.4) is 0 Å². The Kier molecular flexibility index (Phi) is 4.25. The van der Waals surface area contributed by atoms with E-state index < -0.39 is 0 Å². The number of aromatic nitrogens is 3. The third-order valence-corrected chi connectivity index (χ3v) is 3.46. The maximum atomic E-state index is 12.1. The Bertz CT molecular complexity index is 878. The number of nitrogens with one attached hydrogen (secondary N) is 2. The predicted molar refractivity (Wildman–Crippen MR) is 88.3 cm³/mol. The second-order valence-corrected chi connectivity index (χ2v) is 5.33. The van der Waals surface area contributed by atoms with Crippen molar-refractivity contribution in [3.8, 4) is 5.75 Å². The van der Waals surface area contributed by atoms with Crippen LogP contribution in [0.15, 0.2) is 53.3 Å². The van der Waals surface area contributed by atoms with E-state index in [0.29, 0.717) is 22.8 Å². The van der Waals surface area contributed by atoms with E-state index in [0.717, 1.165) is 5.56 Å². The highest BCUT2D eigenvalue weighted by Gasteiger charge is 2.07. The summed E-state index contributed by atoms with van der Waals surface area (Å²) in [6.07, 6.45) is 0.358. The molecule has 0 aliphatic heterocycles. The smallest absolute Gasteiger partial charge is 0.274 e. The van der Waals surface area contributed by atoms with E-state index in [-0.39, 0.29) is 17.3 Å². The van der Waals surface area contributed by atoms with Crippen molar-refractivity contribution in [1.82, 2.24) is 15.2 Å². The van der Waals surface area contributed by atoms with Gasteiger partial charge in [0.15, 0.2) is 0 Å². The summed E-state index contributed by atoms with van der Waals surface area (Å²) in [6.45, 7) is 0. The topological polar surface area (TPSA) is 90.9 Å². The van der Waals surface area contributed by atoms with Gasteiger partial charge in [0.1, 0.15) is 11.4 Å².